The van der Waals surface area contributed by atoms with E-state index in [1.165, 1.54) is 6.08 Å². The lowest BCUT2D eigenvalue weighted by atomic mass is 10.00. The number of nitrogens with zero attached hydrogens (tertiary/aromatic N) is 4. The van der Waals surface area contributed by atoms with E-state index < -0.39 is 0 Å². The van der Waals surface area contributed by atoms with E-state index in [1.807, 2.05) is 74.5 Å². The molecule has 0 radical (unpaired) electrons. The first-order chi connectivity index (χ1) is 19.0. The van der Waals surface area contributed by atoms with Gasteiger partial charge >= 0.3 is 12.2 Å². The van der Waals surface area contributed by atoms with Crippen LogP contribution < -0.4 is 0 Å². The van der Waals surface area contributed by atoms with Crippen molar-refractivity contribution >= 4 is 47.1 Å². The molecule has 0 spiro atoms. The summed E-state index contributed by atoms with van der Waals surface area (Å²) in [6.07, 6.45) is 7.34. The van der Waals surface area contributed by atoms with Crippen LogP contribution in [-0.4, -0.2) is 33.7 Å². The number of carbonyl (C=O) groups excluding carboxylic acids is 4. The average Bonchev–Trinajstić information content (AvgIpc) is 2.95. The fourth-order valence-corrected chi connectivity index (χ4v) is 4.22. The summed E-state index contributed by atoms with van der Waals surface area (Å²) in [7, 11) is 0. The van der Waals surface area contributed by atoms with Gasteiger partial charge in [-0.2, -0.15) is 19.6 Å². The van der Waals surface area contributed by atoms with Gasteiger partial charge in [0.1, 0.15) is 0 Å². The molecule has 0 unspecified atom stereocenters. The molecule has 0 aromatic heterocycles. The molecule has 8 nitrogen and oxygen atoms in total. The topological polar surface area (TPSA) is 99.0 Å². The Morgan fingerprint density at radius 2 is 1.18 bits per heavy atom. The second-order valence-corrected chi connectivity index (χ2v) is 8.72. The van der Waals surface area contributed by atoms with Crippen molar-refractivity contribution in [1.29, 1.82) is 0 Å². The van der Waals surface area contributed by atoms with Gasteiger partial charge in [0, 0.05) is 23.8 Å². The summed E-state index contributed by atoms with van der Waals surface area (Å²) in [5.74, 6) is 0. The molecule has 0 saturated heterocycles. The third kappa shape index (κ3) is 6.04. The molecule has 0 bridgehead atoms. The molecule has 8 heteroatoms. The number of isocyanates is 4. The first-order valence-electron chi connectivity index (χ1n) is 11.9. The first-order valence-corrected chi connectivity index (χ1v) is 11.9. The lowest BCUT2D eigenvalue weighted by Gasteiger charge is -2.06. The minimum Gasteiger partial charge on any atom is -0.211 e. The SMILES string of the molecule is Cc1cc(-c2ccc([N+](=C=O)[N+](=C=O)c3ccc(Cc4ccc(N=C=O)cc4)cc3)c(C)c2)ccc1N=C=O. The lowest BCUT2D eigenvalue weighted by Crippen LogP contribution is -2.17. The Morgan fingerprint density at radius 1 is 0.615 bits per heavy atom. The highest BCUT2D eigenvalue weighted by atomic mass is 16.1. The van der Waals surface area contributed by atoms with Crippen LogP contribution in [0, 0.1) is 13.8 Å². The van der Waals surface area contributed by atoms with Crippen molar-refractivity contribution in [3.05, 3.63) is 107 Å². The van der Waals surface area contributed by atoms with Gasteiger partial charge in [0.05, 0.1) is 11.4 Å². The van der Waals surface area contributed by atoms with E-state index in [4.69, 9.17) is 0 Å². The Kier molecular flexibility index (Phi) is 8.20. The van der Waals surface area contributed by atoms with Crippen LogP contribution in [0.1, 0.15) is 22.3 Å². The second kappa shape index (κ2) is 12.1. The summed E-state index contributed by atoms with van der Waals surface area (Å²) >= 11 is 0. The zero-order valence-corrected chi connectivity index (χ0v) is 21.2. The molecule has 188 valence electrons. The number of aliphatic imine (C=N–C) groups is 2. The summed E-state index contributed by atoms with van der Waals surface area (Å²) in [6.45, 7) is 3.69. The van der Waals surface area contributed by atoms with Crippen molar-refractivity contribution in [2.24, 2.45) is 9.98 Å². The predicted molar refractivity (Wildman–Crippen MR) is 144 cm³/mol. The highest BCUT2D eigenvalue weighted by molar-refractivity contribution is 5.70. The molecule has 4 aromatic carbocycles. The normalized spacial score (nSPS) is 9.90. The zero-order valence-electron chi connectivity index (χ0n) is 21.2. The molecule has 4 rings (SSSR count). The van der Waals surface area contributed by atoms with E-state index in [0.29, 0.717) is 29.2 Å². The van der Waals surface area contributed by atoms with Crippen molar-refractivity contribution in [3.8, 4) is 11.1 Å². The largest absolute Gasteiger partial charge is 0.504 e. The predicted octanol–water partition coefficient (Wildman–Crippen LogP) is 6.07. The summed E-state index contributed by atoms with van der Waals surface area (Å²) in [5.41, 5.74) is 7.37. The van der Waals surface area contributed by atoms with Crippen LogP contribution in [0.2, 0.25) is 0 Å². The van der Waals surface area contributed by atoms with Crippen molar-refractivity contribution < 1.29 is 28.5 Å². The number of benzene rings is 4. The quantitative estimate of drug-likeness (QED) is 0.123. The van der Waals surface area contributed by atoms with Crippen LogP contribution in [-0.2, 0) is 25.6 Å². The van der Waals surface area contributed by atoms with Gasteiger partial charge in [-0.1, -0.05) is 30.3 Å². The number of rotatable bonds is 8. The van der Waals surface area contributed by atoms with Crippen molar-refractivity contribution in [2.45, 2.75) is 20.3 Å². The van der Waals surface area contributed by atoms with Gasteiger partial charge in [-0.25, -0.2) is 9.59 Å². The van der Waals surface area contributed by atoms with Crippen LogP contribution in [0.5, 0.6) is 0 Å². The molecule has 0 atom stereocenters. The van der Waals surface area contributed by atoms with Gasteiger partial charge in [0.15, 0.2) is 9.37 Å². The van der Waals surface area contributed by atoms with E-state index in [0.717, 1.165) is 42.7 Å². The standard InChI is InChI=1S/C31H22N4O4/c1-22-15-26(7-13-30(22)33-19-37)27-8-14-31(23(2)16-27)35(21-39)34(20-38)29-11-5-25(6-12-29)17-24-3-9-28(10-4-24)32-18-36/h3-16H,17H2,1-2H3/q+2. The number of hydrazine groups is 1. The first kappa shape index (κ1) is 26.5. The molecule has 0 aliphatic heterocycles. The molecular formula is C31H22N4O4+2. The molecule has 0 heterocycles. The summed E-state index contributed by atoms with van der Waals surface area (Å²) in [4.78, 5) is 52.2. The van der Waals surface area contributed by atoms with E-state index in [2.05, 4.69) is 9.98 Å². The molecule has 0 amide bonds. The van der Waals surface area contributed by atoms with Gasteiger partial charge in [0.25, 0.3) is 11.4 Å². The molecule has 0 aliphatic carbocycles. The molecular weight excluding hydrogens is 492 g/mol. The Hall–Kier alpha value is -5.60. The molecule has 4 aromatic rings. The van der Waals surface area contributed by atoms with Crippen molar-refractivity contribution in [1.82, 2.24) is 0 Å². The second-order valence-electron chi connectivity index (χ2n) is 8.72. The maximum absolute atomic E-state index is 12.0. The lowest BCUT2D eigenvalue weighted by molar-refractivity contribution is -1.03. The Morgan fingerprint density at radius 3 is 1.72 bits per heavy atom. The van der Waals surface area contributed by atoms with Gasteiger partial charge in [-0.3, -0.25) is 0 Å². The van der Waals surface area contributed by atoms with E-state index in [1.54, 1.807) is 42.5 Å². The Labute approximate surface area is 224 Å². The number of hydrogen-bond donors (Lipinski definition) is 0. The highest BCUT2D eigenvalue weighted by Crippen LogP contribution is 2.30. The fourth-order valence-electron chi connectivity index (χ4n) is 4.22. The maximum Gasteiger partial charge on any atom is 0.504 e. The highest BCUT2D eigenvalue weighted by Gasteiger charge is 2.31. The average molecular weight is 515 g/mol. The minimum absolute atomic E-state index is 0.443. The number of hydrazone groups is 2. The summed E-state index contributed by atoms with van der Waals surface area (Å²) < 4.78 is 2.15. The van der Waals surface area contributed by atoms with Crippen LogP contribution in [0.25, 0.3) is 11.1 Å². The molecule has 0 aliphatic rings. The van der Waals surface area contributed by atoms with E-state index in [9.17, 15) is 19.2 Å². The van der Waals surface area contributed by atoms with Gasteiger partial charge < -0.3 is 0 Å². The van der Waals surface area contributed by atoms with Crippen LogP contribution >= 0.6 is 0 Å². The molecule has 0 saturated carbocycles. The molecule has 39 heavy (non-hydrogen) atoms. The smallest absolute Gasteiger partial charge is 0.211 e. The molecule has 0 fully saturated rings. The summed E-state index contributed by atoms with van der Waals surface area (Å²) in [6, 6.07) is 25.4. The third-order valence-corrected chi connectivity index (χ3v) is 6.19. The monoisotopic (exact) mass is 514 g/mol. The van der Waals surface area contributed by atoms with Crippen molar-refractivity contribution in [2.75, 3.05) is 0 Å². The van der Waals surface area contributed by atoms with E-state index >= 15 is 0 Å². The fraction of sp³-hybridized carbons (Fsp3) is 0.0968. The van der Waals surface area contributed by atoms with Gasteiger partial charge in [0.2, 0.25) is 12.2 Å². The molecule has 0 N–H and O–H groups in total. The Balaban J connectivity index is 1.58. The third-order valence-electron chi connectivity index (χ3n) is 6.19. The van der Waals surface area contributed by atoms with Gasteiger partial charge in [-0.15, -0.1) is 0 Å². The van der Waals surface area contributed by atoms with Crippen LogP contribution in [0.4, 0.5) is 22.7 Å². The van der Waals surface area contributed by atoms with E-state index in [-0.39, 0.29) is 0 Å². The Bertz CT molecular complexity index is 1750. The minimum atomic E-state index is 0.443. The number of hydrogen-bond acceptors (Lipinski definition) is 6. The zero-order chi connectivity index (χ0) is 27.8. The van der Waals surface area contributed by atoms with Crippen LogP contribution in [0.3, 0.4) is 0 Å². The van der Waals surface area contributed by atoms with Gasteiger partial charge in [-0.05, 0) is 84.5 Å². The summed E-state index contributed by atoms with van der Waals surface area (Å²) in [5, 5.41) is 0. The van der Waals surface area contributed by atoms with Crippen LogP contribution in [0.15, 0.2) is 94.9 Å². The van der Waals surface area contributed by atoms with Crippen molar-refractivity contribution in [3.63, 3.8) is 0 Å². The maximum atomic E-state index is 12.0. The number of aryl methyl sites for hydroxylation is 2.